The van der Waals surface area contributed by atoms with Crippen molar-refractivity contribution in [3.63, 3.8) is 0 Å². The molecule has 2 aromatic rings. The van der Waals surface area contributed by atoms with Gasteiger partial charge in [0.15, 0.2) is 0 Å². The summed E-state index contributed by atoms with van der Waals surface area (Å²) in [4.78, 5) is 15.4. The number of hydrogen-bond donors (Lipinski definition) is 2. The number of H-pyrrole nitrogens is 1. The largest absolute Gasteiger partial charge is 0.304 e. The fourth-order valence-electron chi connectivity index (χ4n) is 0.968. The predicted molar refractivity (Wildman–Crippen MR) is 53.4 cm³/mol. The van der Waals surface area contributed by atoms with Crippen molar-refractivity contribution in [2.75, 3.05) is 5.32 Å². The van der Waals surface area contributed by atoms with Crippen LogP contribution in [0.15, 0.2) is 17.1 Å². The highest BCUT2D eigenvalue weighted by molar-refractivity contribution is 7.07. The van der Waals surface area contributed by atoms with Crippen LogP contribution in [0.2, 0.25) is 0 Å². The van der Waals surface area contributed by atoms with Crippen LogP contribution < -0.4 is 5.32 Å². The van der Waals surface area contributed by atoms with Gasteiger partial charge in [-0.3, -0.25) is 9.89 Å². The molecule has 0 fully saturated rings. The van der Waals surface area contributed by atoms with E-state index in [1.54, 1.807) is 10.9 Å². The monoisotopic (exact) mass is 219 g/mol. The van der Waals surface area contributed by atoms with Crippen LogP contribution in [0.1, 0.15) is 16.1 Å². The first-order valence-corrected chi connectivity index (χ1v) is 4.88. The average Bonchev–Trinajstić information content (AvgIpc) is 2.87. The van der Waals surface area contributed by atoms with Gasteiger partial charge in [-0.05, 0) is 0 Å². The SMILES string of the molecule is N#Cc1cn[nH]c1NC(=O)c1cscn1. The maximum absolute atomic E-state index is 11.5. The van der Waals surface area contributed by atoms with Gasteiger partial charge < -0.3 is 5.32 Å². The van der Waals surface area contributed by atoms with E-state index in [1.807, 2.05) is 6.07 Å². The van der Waals surface area contributed by atoms with E-state index in [1.165, 1.54) is 17.5 Å². The van der Waals surface area contributed by atoms with Gasteiger partial charge in [0.05, 0.1) is 11.7 Å². The number of anilines is 1. The summed E-state index contributed by atoms with van der Waals surface area (Å²) in [6, 6.07) is 1.90. The van der Waals surface area contributed by atoms with Crippen LogP contribution in [0.4, 0.5) is 5.82 Å². The van der Waals surface area contributed by atoms with E-state index in [9.17, 15) is 4.79 Å². The first kappa shape index (κ1) is 9.36. The van der Waals surface area contributed by atoms with E-state index in [4.69, 9.17) is 5.26 Å². The van der Waals surface area contributed by atoms with E-state index in [-0.39, 0.29) is 11.7 Å². The molecule has 15 heavy (non-hydrogen) atoms. The smallest absolute Gasteiger partial charge is 0.276 e. The van der Waals surface area contributed by atoms with Crippen LogP contribution >= 0.6 is 11.3 Å². The Morgan fingerprint density at radius 3 is 3.20 bits per heavy atom. The molecule has 1 amide bonds. The Balaban J connectivity index is 2.17. The van der Waals surface area contributed by atoms with Crippen molar-refractivity contribution in [1.82, 2.24) is 15.2 Å². The summed E-state index contributed by atoms with van der Waals surface area (Å²) in [7, 11) is 0. The number of aromatic amines is 1. The Bertz CT molecular complexity index is 509. The Hall–Kier alpha value is -2.20. The van der Waals surface area contributed by atoms with Crippen LogP contribution in [0, 0.1) is 11.3 Å². The van der Waals surface area contributed by atoms with Gasteiger partial charge in [0.25, 0.3) is 5.91 Å². The van der Waals surface area contributed by atoms with Gasteiger partial charge in [-0.1, -0.05) is 0 Å². The van der Waals surface area contributed by atoms with Gasteiger partial charge in [-0.2, -0.15) is 10.4 Å². The minimum atomic E-state index is -0.364. The van der Waals surface area contributed by atoms with Crippen molar-refractivity contribution < 1.29 is 4.79 Å². The predicted octanol–water partition coefficient (Wildman–Crippen LogP) is 0.990. The lowest BCUT2D eigenvalue weighted by Gasteiger charge is -1.98. The quantitative estimate of drug-likeness (QED) is 0.787. The number of carbonyl (C=O) groups is 1. The van der Waals surface area contributed by atoms with E-state index >= 15 is 0 Å². The lowest BCUT2D eigenvalue weighted by atomic mass is 10.3. The number of carbonyl (C=O) groups excluding carboxylic acids is 1. The fourth-order valence-corrected chi connectivity index (χ4v) is 1.50. The summed E-state index contributed by atoms with van der Waals surface area (Å²) in [6.07, 6.45) is 1.34. The van der Waals surface area contributed by atoms with Crippen LogP contribution in [-0.4, -0.2) is 21.1 Å². The third kappa shape index (κ3) is 1.84. The standard InChI is InChI=1S/C8H5N5OS/c9-1-5-2-11-13-7(5)12-8(14)6-3-15-4-10-6/h2-4H,(H2,11,12,13,14). The summed E-state index contributed by atoms with van der Waals surface area (Å²) >= 11 is 1.33. The van der Waals surface area contributed by atoms with Crippen molar-refractivity contribution >= 4 is 23.1 Å². The molecule has 6 nitrogen and oxygen atoms in total. The molecule has 0 aliphatic carbocycles. The van der Waals surface area contributed by atoms with Crippen LogP contribution in [0.25, 0.3) is 0 Å². The molecular formula is C8H5N5OS. The maximum Gasteiger partial charge on any atom is 0.276 e. The second-order valence-corrected chi connectivity index (χ2v) is 3.32. The van der Waals surface area contributed by atoms with Gasteiger partial charge in [0, 0.05) is 5.38 Å². The third-order valence-corrected chi connectivity index (χ3v) is 2.25. The van der Waals surface area contributed by atoms with Gasteiger partial charge >= 0.3 is 0 Å². The minimum absolute atomic E-state index is 0.288. The molecule has 2 aromatic heterocycles. The topological polar surface area (TPSA) is 94.5 Å². The van der Waals surface area contributed by atoms with Crippen molar-refractivity contribution in [3.05, 3.63) is 28.3 Å². The Morgan fingerprint density at radius 2 is 2.53 bits per heavy atom. The molecule has 0 aliphatic heterocycles. The van der Waals surface area contributed by atoms with E-state index in [2.05, 4.69) is 20.5 Å². The van der Waals surface area contributed by atoms with E-state index in [0.717, 1.165) is 0 Å². The molecule has 0 bridgehead atoms. The van der Waals surface area contributed by atoms with Gasteiger partial charge in [-0.25, -0.2) is 4.98 Å². The zero-order valence-corrected chi connectivity index (χ0v) is 8.21. The molecule has 0 unspecified atom stereocenters. The fraction of sp³-hybridized carbons (Fsp3) is 0. The highest BCUT2D eigenvalue weighted by Crippen LogP contribution is 2.10. The molecular weight excluding hydrogens is 214 g/mol. The van der Waals surface area contributed by atoms with Gasteiger partial charge in [0.2, 0.25) is 0 Å². The Kier molecular flexibility index (Phi) is 2.43. The normalized spacial score (nSPS) is 9.53. The molecule has 0 spiro atoms. The van der Waals surface area contributed by atoms with Crippen molar-refractivity contribution in [2.24, 2.45) is 0 Å². The summed E-state index contributed by atoms with van der Waals surface area (Å²) < 4.78 is 0. The zero-order valence-electron chi connectivity index (χ0n) is 7.39. The zero-order chi connectivity index (χ0) is 10.7. The maximum atomic E-state index is 11.5. The third-order valence-electron chi connectivity index (χ3n) is 1.66. The first-order chi connectivity index (χ1) is 7.31. The van der Waals surface area contributed by atoms with E-state index < -0.39 is 0 Å². The molecule has 0 saturated carbocycles. The average molecular weight is 219 g/mol. The molecule has 0 aromatic carbocycles. The minimum Gasteiger partial charge on any atom is -0.304 e. The summed E-state index contributed by atoms with van der Waals surface area (Å²) in [5, 5.41) is 19.0. The Morgan fingerprint density at radius 1 is 1.67 bits per heavy atom. The van der Waals surface area contributed by atoms with Crippen molar-refractivity contribution in [2.45, 2.75) is 0 Å². The highest BCUT2D eigenvalue weighted by Gasteiger charge is 2.11. The summed E-state index contributed by atoms with van der Waals surface area (Å²) in [5.41, 5.74) is 2.17. The number of rotatable bonds is 2. The molecule has 0 saturated heterocycles. The highest BCUT2D eigenvalue weighted by atomic mass is 32.1. The number of aromatic nitrogens is 3. The second-order valence-electron chi connectivity index (χ2n) is 2.60. The lowest BCUT2D eigenvalue weighted by molar-refractivity contribution is 0.102. The summed E-state index contributed by atoms with van der Waals surface area (Å²) in [5.74, 6) is -0.0764. The molecule has 2 rings (SSSR count). The Labute approximate surface area is 88.6 Å². The van der Waals surface area contributed by atoms with Crippen molar-refractivity contribution in [1.29, 1.82) is 5.26 Å². The number of hydrogen-bond acceptors (Lipinski definition) is 5. The number of nitriles is 1. The molecule has 0 radical (unpaired) electrons. The van der Waals surface area contributed by atoms with Gasteiger partial charge in [-0.15, -0.1) is 11.3 Å². The lowest BCUT2D eigenvalue weighted by Crippen LogP contribution is -2.13. The molecule has 7 heteroatoms. The van der Waals surface area contributed by atoms with Gasteiger partial charge in [0.1, 0.15) is 23.1 Å². The van der Waals surface area contributed by atoms with E-state index in [0.29, 0.717) is 11.3 Å². The molecule has 2 heterocycles. The number of nitrogens with zero attached hydrogens (tertiary/aromatic N) is 3. The van der Waals surface area contributed by atoms with Crippen LogP contribution in [-0.2, 0) is 0 Å². The number of thiazole rings is 1. The molecule has 2 N–H and O–H groups in total. The van der Waals surface area contributed by atoms with Crippen LogP contribution in [0.3, 0.4) is 0 Å². The molecule has 0 aliphatic rings. The number of nitrogens with one attached hydrogen (secondary N) is 2. The van der Waals surface area contributed by atoms with Crippen molar-refractivity contribution in [3.8, 4) is 6.07 Å². The number of amides is 1. The second kappa shape index (κ2) is 3.89. The van der Waals surface area contributed by atoms with Crippen LogP contribution in [0.5, 0.6) is 0 Å². The molecule has 0 atom stereocenters. The molecule has 74 valence electrons. The first-order valence-electron chi connectivity index (χ1n) is 3.94. The summed E-state index contributed by atoms with van der Waals surface area (Å²) in [6.45, 7) is 0.